The van der Waals surface area contributed by atoms with E-state index in [2.05, 4.69) is 5.32 Å². The highest BCUT2D eigenvalue weighted by atomic mass is 35.6. The second kappa shape index (κ2) is 8.34. The van der Waals surface area contributed by atoms with E-state index in [9.17, 15) is 14.9 Å². The van der Waals surface area contributed by atoms with Crippen molar-refractivity contribution in [2.24, 2.45) is 0 Å². The number of hydrogen-bond donors (Lipinski definition) is 1. The third-order valence-corrected chi connectivity index (χ3v) is 4.52. The third-order valence-electron chi connectivity index (χ3n) is 3.90. The van der Waals surface area contributed by atoms with Gasteiger partial charge < -0.3 is 5.32 Å². The van der Waals surface area contributed by atoms with Gasteiger partial charge in [-0.05, 0) is 18.9 Å². The molecule has 0 aromatic heterocycles. The van der Waals surface area contributed by atoms with Crippen molar-refractivity contribution < 1.29 is 9.72 Å². The maximum Gasteiger partial charge on any atom is 0.270 e. The van der Waals surface area contributed by atoms with Gasteiger partial charge in [0, 0.05) is 30.8 Å². The van der Waals surface area contributed by atoms with Gasteiger partial charge in [0.2, 0.25) is 3.79 Å². The van der Waals surface area contributed by atoms with E-state index < -0.39 is 20.8 Å². The standard InChI is InChI=1S/C15H18Cl3N3O3/c16-15(17,18)14(20-8-3-1-2-4-9-20)19-13(22)11-6-5-7-12(10-11)21(23)24/h5-7,10,14H,1-4,8-9H2,(H,19,22)/t14-/m1/s1. The van der Waals surface area contributed by atoms with Gasteiger partial charge >= 0.3 is 0 Å². The number of hydrogen-bond acceptors (Lipinski definition) is 4. The van der Waals surface area contributed by atoms with Crippen molar-refractivity contribution in [1.82, 2.24) is 10.2 Å². The van der Waals surface area contributed by atoms with Crippen molar-refractivity contribution in [3.8, 4) is 0 Å². The molecule has 1 aromatic carbocycles. The van der Waals surface area contributed by atoms with Crippen molar-refractivity contribution in [1.29, 1.82) is 0 Å². The first-order valence-corrected chi connectivity index (χ1v) is 8.78. The quantitative estimate of drug-likeness (QED) is 0.477. The van der Waals surface area contributed by atoms with Crippen LogP contribution >= 0.6 is 34.8 Å². The summed E-state index contributed by atoms with van der Waals surface area (Å²) in [5, 5.41) is 13.6. The molecule has 1 saturated heterocycles. The predicted molar refractivity (Wildman–Crippen MR) is 94.7 cm³/mol. The Hall–Kier alpha value is -1.08. The second-order valence-corrected chi connectivity index (χ2v) is 8.04. The van der Waals surface area contributed by atoms with Gasteiger partial charge in [-0.1, -0.05) is 53.7 Å². The van der Waals surface area contributed by atoms with E-state index >= 15 is 0 Å². The van der Waals surface area contributed by atoms with Crippen LogP contribution in [-0.4, -0.2) is 38.8 Å². The molecule has 0 saturated carbocycles. The molecule has 1 aromatic rings. The number of amides is 1. The zero-order valence-electron chi connectivity index (χ0n) is 12.9. The SMILES string of the molecule is O=C(N[C@H](N1CCCCCC1)C(Cl)(Cl)Cl)c1cccc([N+](=O)[O-])c1. The van der Waals surface area contributed by atoms with Gasteiger partial charge in [-0.3, -0.25) is 19.8 Å². The van der Waals surface area contributed by atoms with Crippen molar-refractivity contribution >= 4 is 46.4 Å². The van der Waals surface area contributed by atoms with Gasteiger partial charge in [0.15, 0.2) is 0 Å². The average molecular weight is 395 g/mol. The van der Waals surface area contributed by atoms with Crippen molar-refractivity contribution in [2.45, 2.75) is 35.6 Å². The Morgan fingerprint density at radius 2 is 1.83 bits per heavy atom. The molecule has 6 nitrogen and oxygen atoms in total. The molecule has 1 N–H and O–H groups in total. The van der Waals surface area contributed by atoms with Crippen molar-refractivity contribution in [3.05, 3.63) is 39.9 Å². The number of carbonyl (C=O) groups is 1. The minimum atomic E-state index is -1.71. The van der Waals surface area contributed by atoms with Gasteiger partial charge in [-0.25, -0.2) is 0 Å². The summed E-state index contributed by atoms with van der Waals surface area (Å²) in [7, 11) is 0. The Labute approximate surface area is 155 Å². The summed E-state index contributed by atoms with van der Waals surface area (Å²) in [4.78, 5) is 24.7. The summed E-state index contributed by atoms with van der Waals surface area (Å²) in [6.45, 7) is 1.43. The number of halogens is 3. The summed E-state index contributed by atoms with van der Waals surface area (Å²) in [6.07, 6.45) is 3.32. The zero-order chi connectivity index (χ0) is 17.7. The Morgan fingerprint density at radius 3 is 2.38 bits per heavy atom. The van der Waals surface area contributed by atoms with Crippen LogP contribution < -0.4 is 5.32 Å². The van der Waals surface area contributed by atoms with Crippen molar-refractivity contribution in [3.63, 3.8) is 0 Å². The molecular formula is C15H18Cl3N3O3. The number of benzene rings is 1. The van der Waals surface area contributed by atoms with Crippen LogP contribution in [0.15, 0.2) is 24.3 Å². The van der Waals surface area contributed by atoms with Crippen LogP contribution in [0, 0.1) is 10.1 Å². The minimum absolute atomic E-state index is 0.151. The largest absolute Gasteiger partial charge is 0.332 e. The van der Waals surface area contributed by atoms with Crippen LogP contribution in [0.3, 0.4) is 0 Å². The molecule has 0 unspecified atom stereocenters. The molecular weight excluding hydrogens is 377 g/mol. The normalized spacial score (nSPS) is 17.8. The first-order valence-electron chi connectivity index (χ1n) is 7.65. The lowest BCUT2D eigenvalue weighted by Crippen LogP contribution is -2.55. The van der Waals surface area contributed by atoms with Crippen molar-refractivity contribution in [2.75, 3.05) is 13.1 Å². The molecule has 0 spiro atoms. The Morgan fingerprint density at radius 1 is 1.21 bits per heavy atom. The first-order chi connectivity index (χ1) is 11.3. The fourth-order valence-electron chi connectivity index (χ4n) is 2.70. The smallest absolute Gasteiger partial charge is 0.270 e. The lowest BCUT2D eigenvalue weighted by Gasteiger charge is -2.35. The summed E-state index contributed by atoms with van der Waals surface area (Å²) in [5.74, 6) is -0.515. The van der Waals surface area contributed by atoms with Gasteiger partial charge in [0.05, 0.1) is 4.92 Å². The number of non-ortho nitro benzene ring substituents is 1. The summed E-state index contributed by atoms with van der Waals surface area (Å²) in [6, 6.07) is 5.45. The molecule has 9 heteroatoms. The Kier molecular flexibility index (Phi) is 6.69. The lowest BCUT2D eigenvalue weighted by molar-refractivity contribution is -0.384. The maximum absolute atomic E-state index is 12.5. The van der Waals surface area contributed by atoms with Gasteiger partial charge in [-0.15, -0.1) is 0 Å². The molecule has 1 atom stereocenters. The summed E-state index contributed by atoms with van der Waals surface area (Å²) >= 11 is 18.2. The van der Waals surface area contributed by atoms with E-state index in [1.165, 1.54) is 24.3 Å². The lowest BCUT2D eigenvalue weighted by atomic mass is 10.2. The number of alkyl halides is 3. The summed E-state index contributed by atoms with van der Waals surface area (Å²) < 4.78 is -1.71. The Bertz CT molecular complexity index is 599. The van der Waals surface area contributed by atoms with Gasteiger partial charge in [0.1, 0.15) is 6.17 Å². The van der Waals surface area contributed by atoms with E-state index in [0.717, 1.165) is 25.7 Å². The molecule has 0 radical (unpaired) electrons. The molecule has 132 valence electrons. The highest BCUT2D eigenvalue weighted by Crippen LogP contribution is 2.33. The molecule has 1 fully saturated rings. The molecule has 0 bridgehead atoms. The third kappa shape index (κ3) is 5.21. The van der Waals surface area contributed by atoms with E-state index in [-0.39, 0.29) is 11.3 Å². The van der Waals surface area contributed by atoms with Crippen LogP contribution in [0.5, 0.6) is 0 Å². The van der Waals surface area contributed by atoms with Crippen LogP contribution in [0.25, 0.3) is 0 Å². The van der Waals surface area contributed by atoms with Crippen LogP contribution in [0.4, 0.5) is 5.69 Å². The van der Waals surface area contributed by atoms with E-state index in [0.29, 0.717) is 13.1 Å². The highest BCUT2D eigenvalue weighted by molar-refractivity contribution is 6.68. The summed E-state index contributed by atoms with van der Waals surface area (Å²) in [5.41, 5.74) is -0.0128. The molecule has 0 aliphatic carbocycles. The number of rotatable bonds is 4. The average Bonchev–Trinajstić information content (AvgIpc) is 2.80. The van der Waals surface area contributed by atoms with Gasteiger partial charge in [0.25, 0.3) is 11.6 Å². The molecule has 1 aliphatic rings. The van der Waals surface area contributed by atoms with Crippen LogP contribution in [0.2, 0.25) is 0 Å². The Balaban J connectivity index is 2.18. The molecule has 1 amide bonds. The minimum Gasteiger partial charge on any atom is -0.332 e. The highest BCUT2D eigenvalue weighted by Gasteiger charge is 2.38. The zero-order valence-corrected chi connectivity index (χ0v) is 15.2. The van der Waals surface area contributed by atoms with E-state index in [4.69, 9.17) is 34.8 Å². The van der Waals surface area contributed by atoms with E-state index in [1.54, 1.807) is 0 Å². The van der Waals surface area contributed by atoms with Gasteiger partial charge in [-0.2, -0.15) is 0 Å². The molecule has 1 heterocycles. The number of nitro benzene ring substituents is 1. The second-order valence-electron chi connectivity index (χ2n) is 5.68. The first kappa shape index (κ1) is 19.2. The number of carbonyl (C=O) groups excluding carboxylic acids is 1. The topological polar surface area (TPSA) is 75.5 Å². The maximum atomic E-state index is 12.5. The van der Waals surface area contributed by atoms with Crippen LogP contribution in [0.1, 0.15) is 36.0 Å². The molecule has 24 heavy (non-hydrogen) atoms. The van der Waals surface area contributed by atoms with Crippen LogP contribution in [-0.2, 0) is 0 Å². The molecule has 2 rings (SSSR count). The fourth-order valence-corrected chi connectivity index (χ4v) is 3.28. The number of nitrogens with zero attached hydrogens (tertiary/aromatic N) is 2. The number of nitro groups is 1. The molecule has 1 aliphatic heterocycles. The fraction of sp³-hybridized carbons (Fsp3) is 0.533. The number of likely N-dealkylation sites (tertiary alicyclic amines) is 1. The monoisotopic (exact) mass is 393 g/mol. The number of nitrogens with one attached hydrogen (secondary N) is 1. The predicted octanol–water partition coefficient (Wildman–Crippen LogP) is 3.90. The van der Waals surface area contributed by atoms with E-state index in [1.807, 2.05) is 4.90 Å².